The maximum absolute atomic E-state index is 13.5. The third-order valence-corrected chi connectivity index (χ3v) is 2.85. The summed E-state index contributed by atoms with van der Waals surface area (Å²) in [5, 5.41) is 0. The molecule has 2 N–H and O–H groups in total. The molecule has 88 valence electrons. The first-order valence-corrected chi connectivity index (χ1v) is 5.37. The van der Waals surface area contributed by atoms with Crippen molar-refractivity contribution in [1.82, 2.24) is 0 Å². The van der Waals surface area contributed by atoms with Crippen LogP contribution in [0.3, 0.4) is 0 Å². The van der Waals surface area contributed by atoms with Crippen LogP contribution in [0, 0.1) is 18.6 Å². The Bertz CT molecular complexity index is 550. The van der Waals surface area contributed by atoms with Gasteiger partial charge in [-0.05, 0) is 47.4 Å². The Labute approximate surface area is 98.9 Å². The molecule has 0 saturated heterocycles. The Morgan fingerprint density at radius 3 is 2.53 bits per heavy atom. The molecule has 2 aromatic carbocycles. The largest absolute Gasteiger partial charge is 0.326 e. The van der Waals surface area contributed by atoms with Crippen molar-refractivity contribution < 1.29 is 8.78 Å². The highest BCUT2D eigenvalue weighted by Crippen LogP contribution is 2.28. The fourth-order valence-corrected chi connectivity index (χ4v) is 1.89. The van der Waals surface area contributed by atoms with E-state index in [1.165, 1.54) is 18.2 Å². The van der Waals surface area contributed by atoms with E-state index in [1.54, 1.807) is 19.1 Å². The van der Waals surface area contributed by atoms with Crippen LogP contribution in [0.25, 0.3) is 11.1 Å². The summed E-state index contributed by atoms with van der Waals surface area (Å²) in [7, 11) is 0. The molecule has 3 heteroatoms. The van der Waals surface area contributed by atoms with Gasteiger partial charge in [0.25, 0.3) is 0 Å². The van der Waals surface area contributed by atoms with Gasteiger partial charge in [-0.1, -0.05) is 18.2 Å². The van der Waals surface area contributed by atoms with Crippen molar-refractivity contribution in [3.63, 3.8) is 0 Å². The van der Waals surface area contributed by atoms with Crippen molar-refractivity contribution in [2.45, 2.75) is 13.5 Å². The molecule has 0 saturated carbocycles. The highest BCUT2D eigenvalue weighted by atomic mass is 19.1. The normalized spacial score (nSPS) is 10.6. The number of hydrogen-bond donors (Lipinski definition) is 1. The molecular formula is C14H13F2N. The molecule has 0 aliphatic carbocycles. The van der Waals surface area contributed by atoms with Crippen LogP contribution in [0.15, 0.2) is 36.4 Å². The minimum atomic E-state index is -0.330. The summed E-state index contributed by atoms with van der Waals surface area (Å²) in [5.41, 5.74) is 8.35. The van der Waals surface area contributed by atoms with E-state index in [4.69, 9.17) is 5.73 Å². The zero-order valence-electron chi connectivity index (χ0n) is 9.50. The van der Waals surface area contributed by atoms with Crippen LogP contribution < -0.4 is 5.73 Å². The molecule has 0 radical (unpaired) electrons. The van der Waals surface area contributed by atoms with E-state index in [1.807, 2.05) is 6.07 Å². The van der Waals surface area contributed by atoms with Gasteiger partial charge < -0.3 is 5.73 Å². The predicted molar refractivity (Wildman–Crippen MR) is 64.4 cm³/mol. The van der Waals surface area contributed by atoms with Gasteiger partial charge in [-0.2, -0.15) is 0 Å². The highest BCUT2D eigenvalue weighted by molar-refractivity contribution is 5.70. The second-order valence-electron chi connectivity index (χ2n) is 3.92. The Kier molecular flexibility index (Phi) is 3.20. The Morgan fingerprint density at radius 2 is 1.82 bits per heavy atom. The molecular weight excluding hydrogens is 220 g/mol. The van der Waals surface area contributed by atoms with Crippen LogP contribution in [0.1, 0.15) is 11.1 Å². The van der Waals surface area contributed by atoms with E-state index in [2.05, 4.69) is 0 Å². The fourth-order valence-electron chi connectivity index (χ4n) is 1.89. The number of benzene rings is 2. The van der Waals surface area contributed by atoms with Crippen LogP contribution in [0.2, 0.25) is 0 Å². The molecule has 0 spiro atoms. The van der Waals surface area contributed by atoms with Crippen LogP contribution in [-0.4, -0.2) is 0 Å². The van der Waals surface area contributed by atoms with E-state index in [0.29, 0.717) is 11.1 Å². The van der Waals surface area contributed by atoms with Gasteiger partial charge in [0.15, 0.2) is 0 Å². The van der Waals surface area contributed by atoms with E-state index in [-0.39, 0.29) is 18.2 Å². The average molecular weight is 233 g/mol. The van der Waals surface area contributed by atoms with Crippen LogP contribution >= 0.6 is 0 Å². The van der Waals surface area contributed by atoms with E-state index < -0.39 is 0 Å². The lowest BCUT2D eigenvalue weighted by Gasteiger charge is -2.11. The standard InChI is InChI=1S/C14H13F2N/c1-9-12(3-2-4-14(9)16)13-6-5-11(15)7-10(13)8-17/h2-7H,8,17H2,1H3. The topological polar surface area (TPSA) is 26.0 Å². The Hall–Kier alpha value is -1.74. The molecule has 17 heavy (non-hydrogen) atoms. The Morgan fingerprint density at radius 1 is 1.06 bits per heavy atom. The summed E-state index contributed by atoms with van der Waals surface area (Å²) in [4.78, 5) is 0. The Balaban J connectivity index is 2.64. The molecule has 2 rings (SSSR count). The van der Waals surface area contributed by atoms with Gasteiger partial charge in [-0.25, -0.2) is 8.78 Å². The van der Waals surface area contributed by atoms with Gasteiger partial charge in [0, 0.05) is 6.54 Å². The molecule has 1 nitrogen and oxygen atoms in total. The number of rotatable bonds is 2. The third-order valence-electron chi connectivity index (χ3n) is 2.85. The van der Waals surface area contributed by atoms with E-state index >= 15 is 0 Å². The monoisotopic (exact) mass is 233 g/mol. The molecule has 0 fully saturated rings. The van der Waals surface area contributed by atoms with Gasteiger partial charge in [0.05, 0.1) is 0 Å². The summed E-state index contributed by atoms with van der Waals surface area (Å²) < 4.78 is 26.6. The molecule has 0 atom stereocenters. The smallest absolute Gasteiger partial charge is 0.126 e. The van der Waals surface area contributed by atoms with Gasteiger partial charge >= 0.3 is 0 Å². The molecule has 0 unspecified atom stereocenters. The minimum Gasteiger partial charge on any atom is -0.326 e. The number of halogens is 2. The first-order chi connectivity index (χ1) is 8.13. The van der Waals surface area contributed by atoms with Crippen molar-refractivity contribution in [2.24, 2.45) is 5.73 Å². The lowest BCUT2D eigenvalue weighted by atomic mass is 9.95. The zero-order chi connectivity index (χ0) is 12.4. The van der Waals surface area contributed by atoms with Crippen molar-refractivity contribution in [2.75, 3.05) is 0 Å². The summed E-state index contributed by atoms with van der Waals surface area (Å²) in [6.07, 6.45) is 0. The second kappa shape index (κ2) is 4.63. The first kappa shape index (κ1) is 11.7. The van der Waals surface area contributed by atoms with Crippen molar-refractivity contribution in [3.8, 4) is 11.1 Å². The van der Waals surface area contributed by atoms with Gasteiger partial charge in [-0.15, -0.1) is 0 Å². The molecule has 0 heterocycles. The lowest BCUT2D eigenvalue weighted by Crippen LogP contribution is -2.01. The molecule has 0 aliphatic heterocycles. The van der Waals surface area contributed by atoms with Crippen LogP contribution in [0.4, 0.5) is 8.78 Å². The second-order valence-corrected chi connectivity index (χ2v) is 3.92. The first-order valence-electron chi connectivity index (χ1n) is 5.37. The maximum atomic E-state index is 13.5. The maximum Gasteiger partial charge on any atom is 0.126 e. The molecule has 2 aromatic rings. The van der Waals surface area contributed by atoms with Gasteiger partial charge in [0.2, 0.25) is 0 Å². The molecule has 0 bridgehead atoms. The van der Waals surface area contributed by atoms with Gasteiger partial charge in [0.1, 0.15) is 11.6 Å². The predicted octanol–water partition coefficient (Wildman–Crippen LogP) is 3.40. The quantitative estimate of drug-likeness (QED) is 0.845. The summed E-state index contributed by atoms with van der Waals surface area (Å²) in [5.74, 6) is -0.599. The molecule has 0 amide bonds. The average Bonchev–Trinajstić information content (AvgIpc) is 2.33. The SMILES string of the molecule is Cc1c(F)cccc1-c1ccc(F)cc1CN. The van der Waals surface area contributed by atoms with Gasteiger partial charge in [-0.3, -0.25) is 0 Å². The van der Waals surface area contributed by atoms with Crippen LogP contribution in [-0.2, 0) is 6.54 Å². The highest BCUT2D eigenvalue weighted by Gasteiger charge is 2.10. The zero-order valence-corrected chi connectivity index (χ0v) is 9.50. The minimum absolute atomic E-state index is 0.225. The third kappa shape index (κ3) is 2.19. The van der Waals surface area contributed by atoms with E-state index in [9.17, 15) is 8.78 Å². The van der Waals surface area contributed by atoms with Crippen molar-refractivity contribution in [1.29, 1.82) is 0 Å². The number of nitrogens with two attached hydrogens (primary N) is 1. The summed E-state index contributed by atoms with van der Waals surface area (Å²) in [6, 6.07) is 9.24. The van der Waals surface area contributed by atoms with Crippen molar-refractivity contribution >= 4 is 0 Å². The summed E-state index contributed by atoms with van der Waals surface area (Å²) >= 11 is 0. The molecule has 0 aliphatic rings. The molecule has 0 aromatic heterocycles. The van der Waals surface area contributed by atoms with Crippen molar-refractivity contribution in [3.05, 3.63) is 59.2 Å². The van der Waals surface area contributed by atoms with E-state index in [0.717, 1.165) is 11.1 Å². The number of hydrogen-bond acceptors (Lipinski definition) is 1. The summed E-state index contributed by atoms with van der Waals surface area (Å²) in [6.45, 7) is 1.93. The van der Waals surface area contributed by atoms with Crippen LogP contribution in [0.5, 0.6) is 0 Å². The lowest BCUT2D eigenvalue weighted by molar-refractivity contribution is 0.619. The fraction of sp³-hybridized carbons (Fsp3) is 0.143.